The van der Waals surface area contributed by atoms with Crippen LogP contribution >= 0.6 is 15.9 Å². The zero-order valence-corrected chi connectivity index (χ0v) is 9.98. The molecule has 0 fully saturated rings. The first kappa shape index (κ1) is 14.7. The van der Waals surface area contributed by atoms with Gasteiger partial charge in [0.15, 0.2) is 5.75 Å². The van der Waals surface area contributed by atoms with E-state index in [1.54, 1.807) is 5.32 Å². The average molecular weight is 334 g/mol. The third-order valence-electron chi connectivity index (χ3n) is 1.63. The van der Waals surface area contributed by atoms with E-state index in [1.807, 2.05) is 0 Å². The Kier molecular flexibility index (Phi) is 4.49. The minimum absolute atomic E-state index is 0.233. The predicted molar refractivity (Wildman–Crippen MR) is 55.5 cm³/mol. The number of nitrogens with one attached hydrogen (secondary N) is 1. The molecule has 0 saturated carbocycles. The summed E-state index contributed by atoms with van der Waals surface area (Å²) in [6.07, 6.45) is -8.34. The molecule has 1 amide bonds. The summed E-state index contributed by atoms with van der Waals surface area (Å²) in [6.45, 7) is 0. The maximum atomic E-state index is 12.1. The minimum Gasteiger partial charge on any atom is -0.404 e. The Balaban J connectivity index is 3.00. The van der Waals surface area contributed by atoms with Crippen LogP contribution in [0.5, 0.6) is 5.75 Å². The summed E-state index contributed by atoms with van der Waals surface area (Å²) < 4.78 is 63.9. The standard InChI is InChI=1S/C9H5BrF5NO2/c10-4-1-2-5(16-8(17)7(11)12)6(3-4)18-9(13,14)15/h1-3,7H,(H,16,17). The zero-order valence-electron chi connectivity index (χ0n) is 8.39. The fourth-order valence-corrected chi connectivity index (χ4v) is 1.34. The summed E-state index contributed by atoms with van der Waals surface area (Å²) >= 11 is 2.89. The number of halogens is 6. The first-order chi connectivity index (χ1) is 8.19. The summed E-state index contributed by atoms with van der Waals surface area (Å²) in [5.41, 5.74) is -0.499. The van der Waals surface area contributed by atoms with Crippen LogP contribution < -0.4 is 10.1 Å². The number of amides is 1. The number of alkyl halides is 5. The van der Waals surface area contributed by atoms with E-state index in [4.69, 9.17) is 0 Å². The SMILES string of the molecule is O=C(Nc1ccc(Br)cc1OC(F)(F)F)C(F)F. The Labute approximate surface area is 106 Å². The quantitative estimate of drug-likeness (QED) is 0.859. The molecule has 0 aliphatic rings. The van der Waals surface area contributed by atoms with Crippen molar-refractivity contribution in [1.82, 2.24) is 0 Å². The first-order valence-corrected chi connectivity index (χ1v) is 5.12. The van der Waals surface area contributed by atoms with E-state index in [-0.39, 0.29) is 4.47 Å². The van der Waals surface area contributed by atoms with E-state index in [0.717, 1.165) is 12.1 Å². The van der Waals surface area contributed by atoms with Gasteiger partial charge < -0.3 is 10.1 Å². The van der Waals surface area contributed by atoms with E-state index in [1.165, 1.54) is 6.07 Å². The topological polar surface area (TPSA) is 38.3 Å². The van der Waals surface area contributed by atoms with Gasteiger partial charge in [0, 0.05) is 4.47 Å². The van der Waals surface area contributed by atoms with Crippen molar-refractivity contribution in [2.24, 2.45) is 0 Å². The van der Waals surface area contributed by atoms with Crippen LogP contribution in [0.25, 0.3) is 0 Å². The average Bonchev–Trinajstić information content (AvgIpc) is 2.19. The maximum absolute atomic E-state index is 12.1. The van der Waals surface area contributed by atoms with E-state index in [0.29, 0.717) is 0 Å². The number of benzene rings is 1. The van der Waals surface area contributed by atoms with Crippen molar-refractivity contribution in [2.75, 3.05) is 5.32 Å². The number of hydrogen-bond acceptors (Lipinski definition) is 2. The van der Waals surface area contributed by atoms with E-state index >= 15 is 0 Å². The summed E-state index contributed by atoms with van der Waals surface area (Å²) in [5, 5.41) is 1.62. The highest BCUT2D eigenvalue weighted by atomic mass is 79.9. The summed E-state index contributed by atoms with van der Waals surface area (Å²) in [7, 11) is 0. The van der Waals surface area contributed by atoms with Crippen LogP contribution in [0.2, 0.25) is 0 Å². The molecule has 1 aromatic carbocycles. The molecule has 1 N–H and O–H groups in total. The van der Waals surface area contributed by atoms with Gasteiger partial charge in [-0.2, -0.15) is 8.78 Å². The molecule has 0 saturated heterocycles. The predicted octanol–water partition coefficient (Wildman–Crippen LogP) is 3.55. The fraction of sp³-hybridized carbons (Fsp3) is 0.222. The Morgan fingerprint density at radius 2 is 1.94 bits per heavy atom. The number of carbonyl (C=O) groups is 1. The Morgan fingerprint density at radius 3 is 2.44 bits per heavy atom. The second kappa shape index (κ2) is 5.51. The molecule has 9 heteroatoms. The van der Waals surface area contributed by atoms with E-state index in [2.05, 4.69) is 20.7 Å². The molecular weight excluding hydrogens is 329 g/mol. The van der Waals surface area contributed by atoms with Gasteiger partial charge in [-0.25, -0.2) is 0 Å². The first-order valence-electron chi connectivity index (χ1n) is 4.33. The zero-order chi connectivity index (χ0) is 13.9. The van der Waals surface area contributed by atoms with Gasteiger partial charge in [-0.1, -0.05) is 15.9 Å². The Bertz CT molecular complexity index is 449. The molecule has 0 aromatic heterocycles. The van der Waals surface area contributed by atoms with Crippen molar-refractivity contribution in [3.05, 3.63) is 22.7 Å². The summed E-state index contributed by atoms with van der Waals surface area (Å²) in [6, 6.07) is 3.17. The van der Waals surface area contributed by atoms with Crippen molar-refractivity contribution in [2.45, 2.75) is 12.8 Å². The molecule has 0 radical (unpaired) electrons. The monoisotopic (exact) mass is 333 g/mol. The van der Waals surface area contributed by atoms with Crippen LogP contribution in [0.15, 0.2) is 22.7 Å². The van der Waals surface area contributed by atoms with Crippen LogP contribution in [0, 0.1) is 0 Å². The van der Waals surface area contributed by atoms with Crippen molar-refractivity contribution < 1.29 is 31.5 Å². The smallest absolute Gasteiger partial charge is 0.404 e. The molecule has 0 heterocycles. The lowest BCUT2D eigenvalue weighted by atomic mass is 10.3. The molecule has 0 aliphatic carbocycles. The second-order valence-electron chi connectivity index (χ2n) is 2.98. The molecule has 3 nitrogen and oxygen atoms in total. The van der Waals surface area contributed by atoms with Crippen molar-refractivity contribution in [3.8, 4) is 5.75 Å². The van der Waals surface area contributed by atoms with Crippen LogP contribution in [-0.2, 0) is 4.79 Å². The number of hydrogen-bond donors (Lipinski definition) is 1. The van der Waals surface area contributed by atoms with Gasteiger partial charge in [-0.15, -0.1) is 13.2 Å². The number of carbonyl (C=O) groups excluding carboxylic acids is 1. The van der Waals surface area contributed by atoms with Crippen molar-refractivity contribution in [3.63, 3.8) is 0 Å². The molecule has 100 valence electrons. The highest BCUT2D eigenvalue weighted by Crippen LogP contribution is 2.33. The lowest BCUT2D eigenvalue weighted by Crippen LogP contribution is -2.22. The van der Waals surface area contributed by atoms with Crippen molar-refractivity contribution in [1.29, 1.82) is 0 Å². The number of ether oxygens (including phenoxy) is 1. The molecular formula is C9H5BrF5NO2. The van der Waals surface area contributed by atoms with Crippen LogP contribution in [0.1, 0.15) is 0 Å². The van der Waals surface area contributed by atoms with Crippen molar-refractivity contribution >= 4 is 27.5 Å². The third-order valence-corrected chi connectivity index (χ3v) is 2.12. The lowest BCUT2D eigenvalue weighted by Gasteiger charge is -2.14. The lowest BCUT2D eigenvalue weighted by molar-refractivity contribution is -0.274. The van der Waals surface area contributed by atoms with Gasteiger partial charge in [0.05, 0.1) is 5.69 Å². The Morgan fingerprint density at radius 1 is 1.33 bits per heavy atom. The van der Waals surface area contributed by atoms with Crippen LogP contribution in [0.3, 0.4) is 0 Å². The highest BCUT2D eigenvalue weighted by molar-refractivity contribution is 9.10. The molecule has 0 bridgehead atoms. The number of rotatable bonds is 3. The van der Waals surface area contributed by atoms with Gasteiger partial charge in [-0.05, 0) is 18.2 Å². The fourth-order valence-electron chi connectivity index (χ4n) is 0.996. The second-order valence-corrected chi connectivity index (χ2v) is 3.89. The van der Waals surface area contributed by atoms with Gasteiger partial charge in [-0.3, -0.25) is 4.79 Å². The van der Waals surface area contributed by atoms with Crippen LogP contribution in [0.4, 0.5) is 27.6 Å². The molecule has 0 spiro atoms. The van der Waals surface area contributed by atoms with Gasteiger partial charge in [0.25, 0.3) is 5.91 Å². The van der Waals surface area contributed by atoms with Gasteiger partial charge in [0.2, 0.25) is 0 Å². The molecule has 0 atom stereocenters. The normalized spacial score (nSPS) is 11.5. The van der Waals surface area contributed by atoms with Gasteiger partial charge in [0.1, 0.15) is 0 Å². The molecule has 1 rings (SSSR count). The van der Waals surface area contributed by atoms with E-state index in [9.17, 15) is 26.7 Å². The van der Waals surface area contributed by atoms with Gasteiger partial charge >= 0.3 is 12.8 Å². The Hall–Kier alpha value is -1.38. The summed E-state index contributed by atoms with van der Waals surface area (Å²) in [5.74, 6) is -2.50. The number of anilines is 1. The molecule has 0 aliphatic heterocycles. The van der Waals surface area contributed by atoms with Crippen LogP contribution in [-0.4, -0.2) is 18.7 Å². The largest absolute Gasteiger partial charge is 0.573 e. The minimum atomic E-state index is -4.99. The molecule has 18 heavy (non-hydrogen) atoms. The molecule has 0 unspecified atom stereocenters. The molecule has 1 aromatic rings. The van der Waals surface area contributed by atoms with E-state index < -0.39 is 30.1 Å². The summed E-state index contributed by atoms with van der Waals surface area (Å²) in [4.78, 5) is 10.7. The highest BCUT2D eigenvalue weighted by Gasteiger charge is 2.32. The maximum Gasteiger partial charge on any atom is 0.573 e. The third kappa shape index (κ3) is 4.47.